The first kappa shape index (κ1) is 15.2. The van der Waals surface area contributed by atoms with Gasteiger partial charge in [0.1, 0.15) is 17.4 Å². The maximum absolute atomic E-state index is 5.50. The fourth-order valence-corrected chi connectivity index (χ4v) is 3.33. The van der Waals surface area contributed by atoms with E-state index in [1.807, 2.05) is 12.1 Å². The van der Waals surface area contributed by atoms with Crippen molar-refractivity contribution < 1.29 is 4.74 Å². The number of nitrogens with zero attached hydrogens (tertiary/aromatic N) is 4. The molecule has 1 aromatic carbocycles. The number of methoxy groups -OCH3 is 1. The van der Waals surface area contributed by atoms with E-state index in [0.717, 1.165) is 49.3 Å². The fourth-order valence-electron chi connectivity index (χ4n) is 3.33. The summed E-state index contributed by atoms with van der Waals surface area (Å²) in [6, 6.07) is 10.4. The molecule has 0 atom stereocenters. The van der Waals surface area contributed by atoms with Gasteiger partial charge in [0, 0.05) is 43.9 Å². The highest BCUT2D eigenvalue weighted by molar-refractivity contribution is 5.59. The molecule has 24 heavy (non-hydrogen) atoms. The van der Waals surface area contributed by atoms with Crippen LogP contribution in [0.1, 0.15) is 30.3 Å². The number of anilines is 2. The topological polar surface area (TPSA) is 41.5 Å². The van der Waals surface area contributed by atoms with Crippen LogP contribution in [0.3, 0.4) is 0 Å². The molecule has 0 amide bonds. The van der Waals surface area contributed by atoms with Crippen LogP contribution in [0.4, 0.5) is 11.5 Å². The molecule has 1 saturated carbocycles. The number of ether oxygens (including phenoxy) is 1. The van der Waals surface area contributed by atoms with Gasteiger partial charge in [-0.2, -0.15) is 0 Å². The van der Waals surface area contributed by atoms with Crippen molar-refractivity contribution in [1.82, 2.24) is 9.97 Å². The van der Waals surface area contributed by atoms with Crippen LogP contribution >= 0.6 is 0 Å². The lowest BCUT2D eigenvalue weighted by Crippen LogP contribution is -2.47. The minimum Gasteiger partial charge on any atom is -0.495 e. The van der Waals surface area contributed by atoms with Crippen molar-refractivity contribution in [1.29, 1.82) is 0 Å². The summed E-state index contributed by atoms with van der Waals surface area (Å²) in [5.74, 6) is 3.67. The van der Waals surface area contributed by atoms with Crippen LogP contribution in [0.5, 0.6) is 5.75 Å². The Labute approximate surface area is 143 Å². The number of rotatable bonds is 4. The molecule has 2 heterocycles. The second-order valence-corrected chi connectivity index (χ2v) is 6.65. The molecule has 1 aliphatic carbocycles. The van der Waals surface area contributed by atoms with Crippen LogP contribution in [-0.2, 0) is 0 Å². The summed E-state index contributed by atoms with van der Waals surface area (Å²) in [7, 11) is 1.73. The molecular weight excluding hydrogens is 300 g/mol. The number of hydrogen-bond acceptors (Lipinski definition) is 5. The lowest BCUT2D eigenvalue weighted by atomic mass is 10.2. The predicted octanol–water partition coefficient (Wildman–Crippen LogP) is 3.00. The van der Waals surface area contributed by atoms with Gasteiger partial charge in [0.05, 0.1) is 12.8 Å². The summed E-state index contributed by atoms with van der Waals surface area (Å²) in [5.41, 5.74) is 2.26. The Balaban J connectivity index is 1.48. The van der Waals surface area contributed by atoms with Crippen LogP contribution in [0, 0.1) is 6.92 Å². The summed E-state index contributed by atoms with van der Waals surface area (Å²) in [6.07, 6.45) is 2.48. The Hall–Kier alpha value is -2.30. The van der Waals surface area contributed by atoms with E-state index in [1.165, 1.54) is 18.5 Å². The van der Waals surface area contributed by atoms with Crippen LogP contribution in [0.15, 0.2) is 30.3 Å². The normalized spacial score (nSPS) is 17.9. The highest BCUT2D eigenvalue weighted by Crippen LogP contribution is 2.38. The Kier molecular flexibility index (Phi) is 4.00. The molecule has 1 aromatic heterocycles. The minimum absolute atomic E-state index is 0.596. The standard InChI is InChI=1S/C19H24N4O/c1-14-13-18(21-19(20-14)15-7-8-15)23-11-9-22(10-12-23)16-5-3-4-6-17(16)24-2/h3-6,13,15H,7-12H2,1-2H3. The molecule has 2 fully saturated rings. The lowest BCUT2D eigenvalue weighted by molar-refractivity contribution is 0.413. The van der Waals surface area contributed by atoms with E-state index < -0.39 is 0 Å². The van der Waals surface area contributed by atoms with E-state index >= 15 is 0 Å². The Morgan fingerprint density at radius 2 is 1.71 bits per heavy atom. The first-order valence-electron chi connectivity index (χ1n) is 8.73. The van der Waals surface area contributed by atoms with Gasteiger partial charge < -0.3 is 14.5 Å². The summed E-state index contributed by atoms with van der Waals surface area (Å²) in [5, 5.41) is 0. The zero-order valence-electron chi connectivity index (χ0n) is 14.4. The van der Waals surface area contributed by atoms with Gasteiger partial charge >= 0.3 is 0 Å². The zero-order chi connectivity index (χ0) is 16.5. The van der Waals surface area contributed by atoms with Gasteiger partial charge in [-0.15, -0.1) is 0 Å². The van der Waals surface area contributed by atoms with Gasteiger partial charge in [-0.3, -0.25) is 0 Å². The van der Waals surface area contributed by atoms with E-state index in [9.17, 15) is 0 Å². The smallest absolute Gasteiger partial charge is 0.142 e. The van der Waals surface area contributed by atoms with E-state index in [0.29, 0.717) is 5.92 Å². The van der Waals surface area contributed by atoms with Crippen molar-refractivity contribution >= 4 is 11.5 Å². The van der Waals surface area contributed by atoms with Gasteiger partial charge in [0.15, 0.2) is 0 Å². The molecule has 0 radical (unpaired) electrons. The van der Waals surface area contributed by atoms with Crippen molar-refractivity contribution in [2.45, 2.75) is 25.7 Å². The van der Waals surface area contributed by atoms with Gasteiger partial charge in [-0.05, 0) is 31.9 Å². The fraction of sp³-hybridized carbons (Fsp3) is 0.474. The van der Waals surface area contributed by atoms with Crippen molar-refractivity contribution in [2.24, 2.45) is 0 Å². The molecule has 0 unspecified atom stereocenters. The first-order chi connectivity index (χ1) is 11.7. The minimum atomic E-state index is 0.596. The van der Waals surface area contributed by atoms with Crippen molar-refractivity contribution in [3.63, 3.8) is 0 Å². The Bertz CT molecular complexity index is 721. The second-order valence-electron chi connectivity index (χ2n) is 6.65. The van der Waals surface area contributed by atoms with Crippen LogP contribution in [0.2, 0.25) is 0 Å². The molecule has 0 N–H and O–H groups in total. The summed E-state index contributed by atoms with van der Waals surface area (Å²) < 4.78 is 5.50. The number of benzene rings is 1. The maximum atomic E-state index is 5.50. The van der Waals surface area contributed by atoms with E-state index in [4.69, 9.17) is 9.72 Å². The van der Waals surface area contributed by atoms with Crippen molar-refractivity contribution in [3.8, 4) is 5.75 Å². The first-order valence-corrected chi connectivity index (χ1v) is 8.73. The van der Waals surface area contributed by atoms with Crippen molar-refractivity contribution in [2.75, 3.05) is 43.1 Å². The molecule has 2 aliphatic rings. The summed E-state index contributed by atoms with van der Waals surface area (Å²) in [6.45, 7) is 5.96. The average Bonchev–Trinajstić information content (AvgIpc) is 3.46. The van der Waals surface area contributed by atoms with E-state index in [1.54, 1.807) is 7.11 Å². The van der Waals surface area contributed by atoms with Crippen LogP contribution in [-0.4, -0.2) is 43.3 Å². The molecule has 1 saturated heterocycles. The molecule has 0 spiro atoms. The van der Waals surface area contributed by atoms with Gasteiger partial charge in [-0.25, -0.2) is 9.97 Å². The largest absolute Gasteiger partial charge is 0.495 e. The van der Waals surface area contributed by atoms with Crippen LogP contribution in [0.25, 0.3) is 0 Å². The van der Waals surface area contributed by atoms with Gasteiger partial charge in [0.2, 0.25) is 0 Å². The summed E-state index contributed by atoms with van der Waals surface area (Å²) in [4.78, 5) is 14.2. The van der Waals surface area contributed by atoms with E-state index in [-0.39, 0.29) is 0 Å². The number of aromatic nitrogens is 2. The van der Waals surface area contributed by atoms with Gasteiger partial charge in [0.25, 0.3) is 0 Å². The quantitative estimate of drug-likeness (QED) is 0.865. The highest BCUT2D eigenvalue weighted by atomic mass is 16.5. The van der Waals surface area contributed by atoms with Crippen LogP contribution < -0.4 is 14.5 Å². The zero-order valence-corrected chi connectivity index (χ0v) is 14.4. The Morgan fingerprint density at radius 1 is 1.00 bits per heavy atom. The third kappa shape index (κ3) is 3.03. The SMILES string of the molecule is COc1ccccc1N1CCN(c2cc(C)nc(C3CC3)n2)CC1. The molecule has 4 rings (SSSR count). The monoisotopic (exact) mass is 324 g/mol. The molecular formula is C19H24N4O. The third-order valence-electron chi connectivity index (χ3n) is 4.83. The van der Waals surface area contributed by atoms with E-state index in [2.05, 4.69) is 39.9 Å². The maximum Gasteiger partial charge on any atom is 0.142 e. The summed E-state index contributed by atoms with van der Waals surface area (Å²) >= 11 is 0. The highest BCUT2D eigenvalue weighted by Gasteiger charge is 2.28. The molecule has 1 aliphatic heterocycles. The lowest BCUT2D eigenvalue weighted by Gasteiger charge is -2.37. The molecule has 0 bridgehead atoms. The molecule has 2 aromatic rings. The molecule has 5 nitrogen and oxygen atoms in total. The number of hydrogen-bond donors (Lipinski definition) is 0. The molecule has 5 heteroatoms. The van der Waals surface area contributed by atoms with Gasteiger partial charge in [-0.1, -0.05) is 12.1 Å². The predicted molar refractivity (Wildman–Crippen MR) is 96.2 cm³/mol. The number of piperazine rings is 1. The average molecular weight is 324 g/mol. The second kappa shape index (κ2) is 6.30. The number of para-hydroxylation sites is 2. The molecule has 126 valence electrons. The third-order valence-corrected chi connectivity index (χ3v) is 4.83. The number of aryl methyl sites for hydroxylation is 1. The van der Waals surface area contributed by atoms with Crippen molar-refractivity contribution in [3.05, 3.63) is 41.9 Å². The Morgan fingerprint density at radius 3 is 2.42 bits per heavy atom.